The normalized spacial score (nSPS) is 11.9. The van der Waals surface area contributed by atoms with Gasteiger partial charge in [0.2, 0.25) is 0 Å². The van der Waals surface area contributed by atoms with Gasteiger partial charge in [-0.15, -0.1) is 0 Å². The van der Waals surface area contributed by atoms with Crippen LogP contribution in [0.1, 0.15) is 29.4 Å². The number of carbonyl (C=O) groups is 1. The summed E-state index contributed by atoms with van der Waals surface area (Å²) in [6, 6.07) is 15.4. The molecule has 1 aromatic heterocycles. The Morgan fingerprint density at radius 2 is 1.95 bits per heavy atom. The first-order chi connectivity index (χ1) is 10.3. The SMILES string of the molecule is CC(CCOCc1ccccc1)NC(=O)c1ccccn1. The van der Waals surface area contributed by atoms with Crippen molar-refractivity contribution in [1.29, 1.82) is 0 Å². The smallest absolute Gasteiger partial charge is 0.270 e. The number of amides is 1. The highest BCUT2D eigenvalue weighted by Crippen LogP contribution is 2.02. The standard InChI is InChI=1S/C17H20N2O2/c1-14(19-17(20)16-9-5-6-11-18-16)10-12-21-13-15-7-3-2-4-8-15/h2-9,11,14H,10,12-13H2,1H3,(H,19,20). The lowest BCUT2D eigenvalue weighted by molar-refractivity contribution is 0.0897. The maximum atomic E-state index is 11.9. The molecule has 0 saturated carbocycles. The lowest BCUT2D eigenvalue weighted by Crippen LogP contribution is -2.33. The molecule has 1 heterocycles. The molecule has 2 rings (SSSR count). The number of nitrogens with one attached hydrogen (secondary N) is 1. The minimum Gasteiger partial charge on any atom is -0.377 e. The number of hydrogen-bond acceptors (Lipinski definition) is 3. The van der Waals surface area contributed by atoms with E-state index in [2.05, 4.69) is 10.3 Å². The van der Waals surface area contributed by atoms with Crippen LogP contribution in [0, 0.1) is 0 Å². The summed E-state index contributed by atoms with van der Waals surface area (Å²) >= 11 is 0. The molecule has 0 spiro atoms. The summed E-state index contributed by atoms with van der Waals surface area (Å²) in [6.45, 7) is 3.17. The van der Waals surface area contributed by atoms with Crippen molar-refractivity contribution in [2.75, 3.05) is 6.61 Å². The molecular formula is C17H20N2O2. The Labute approximate surface area is 125 Å². The van der Waals surface area contributed by atoms with E-state index in [-0.39, 0.29) is 11.9 Å². The fourth-order valence-corrected chi connectivity index (χ4v) is 1.89. The molecule has 4 nitrogen and oxygen atoms in total. The van der Waals surface area contributed by atoms with Crippen LogP contribution in [0.2, 0.25) is 0 Å². The molecule has 0 aliphatic heterocycles. The van der Waals surface area contributed by atoms with E-state index in [0.29, 0.717) is 18.9 Å². The Morgan fingerprint density at radius 1 is 1.19 bits per heavy atom. The molecule has 1 amide bonds. The van der Waals surface area contributed by atoms with Gasteiger partial charge in [0, 0.05) is 18.8 Å². The van der Waals surface area contributed by atoms with Crippen LogP contribution in [0.15, 0.2) is 54.7 Å². The highest BCUT2D eigenvalue weighted by Gasteiger charge is 2.10. The minimum absolute atomic E-state index is 0.0512. The average molecular weight is 284 g/mol. The van der Waals surface area contributed by atoms with Crippen molar-refractivity contribution in [3.8, 4) is 0 Å². The monoisotopic (exact) mass is 284 g/mol. The van der Waals surface area contributed by atoms with Gasteiger partial charge in [-0.2, -0.15) is 0 Å². The summed E-state index contributed by atoms with van der Waals surface area (Å²) in [4.78, 5) is 15.9. The van der Waals surface area contributed by atoms with Gasteiger partial charge in [0.05, 0.1) is 6.61 Å². The molecule has 0 fully saturated rings. The van der Waals surface area contributed by atoms with E-state index >= 15 is 0 Å². The summed E-state index contributed by atoms with van der Waals surface area (Å²) < 4.78 is 5.61. The summed E-state index contributed by atoms with van der Waals surface area (Å²) in [5.41, 5.74) is 1.59. The fourth-order valence-electron chi connectivity index (χ4n) is 1.89. The van der Waals surface area contributed by atoms with Crippen LogP contribution in [0.4, 0.5) is 0 Å². The van der Waals surface area contributed by atoms with E-state index in [0.717, 1.165) is 12.0 Å². The van der Waals surface area contributed by atoms with Crippen LogP contribution in [0.3, 0.4) is 0 Å². The molecule has 0 aliphatic rings. The van der Waals surface area contributed by atoms with Gasteiger partial charge in [-0.05, 0) is 31.0 Å². The van der Waals surface area contributed by atoms with Gasteiger partial charge in [-0.3, -0.25) is 9.78 Å². The Kier molecular flexibility index (Phi) is 5.91. The van der Waals surface area contributed by atoms with Crippen molar-refractivity contribution in [3.63, 3.8) is 0 Å². The molecule has 4 heteroatoms. The van der Waals surface area contributed by atoms with E-state index in [1.807, 2.05) is 37.3 Å². The van der Waals surface area contributed by atoms with E-state index < -0.39 is 0 Å². The maximum Gasteiger partial charge on any atom is 0.270 e. The topological polar surface area (TPSA) is 51.2 Å². The number of ether oxygens (including phenoxy) is 1. The van der Waals surface area contributed by atoms with Gasteiger partial charge in [-0.25, -0.2) is 0 Å². The molecule has 21 heavy (non-hydrogen) atoms. The Balaban J connectivity index is 1.66. The molecule has 1 atom stereocenters. The van der Waals surface area contributed by atoms with Crippen molar-refractivity contribution >= 4 is 5.91 Å². The van der Waals surface area contributed by atoms with Gasteiger partial charge in [-0.1, -0.05) is 36.4 Å². The largest absolute Gasteiger partial charge is 0.377 e. The van der Waals surface area contributed by atoms with Gasteiger partial charge in [0.1, 0.15) is 5.69 Å². The Morgan fingerprint density at radius 3 is 2.67 bits per heavy atom. The Bertz CT molecular complexity index is 543. The summed E-state index contributed by atoms with van der Waals surface area (Å²) in [5, 5.41) is 2.91. The van der Waals surface area contributed by atoms with Crippen molar-refractivity contribution in [2.24, 2.45) is 0 Å². The number of carbonyl (C=O) groups excluding carboxylic acids is 1. The number of nitrogens with zero attached hydrogens (tertiary/aromatic N) is 1. The van der Waals surface area contributed by atoms with Gasteiger partial charge < -0.3 is 10.1 Å². The average Bonchev–Trinajstić information content (AvgIpc) is 2.53. The van der Waals surface area contributed by atoms with Crippen molar-refractivity contribution in [3.05, 3.63) is 66.0 Å². The van der Waals surface area contributed by atoms with Crippen LogP contribution in [-0.2, 0) is 11.3 Å². The van der Waals surface area contributed by atoms with Crippen molar-refractivity contribution in [1.82, 2.24) is 10.3 Å². The minimum atomic E-state index is -0.147. The first-order valence-corrected chi connectivity index (χ1v) is 7.09. The fraction of sp³-hybridized carbons (Fsp3) is 0.294. The quantitative estimate of drug-likeness (QED) is 0.795. The summed E-state index contributed by atoms with van der Waals surface area (Å²) in [6.07, 6.45) is 2.38. The lowest BCUT2D eigenvalue weighted by Gasteiger charge is -2.13. The second-order valence-corrected chi connectivity index (χ2v) is 4.92. The Hall–Kier alpha value is -2.20. The van der Waals surface area contributed by atoms with E-state index in [9.17, 15) is 4.79 Å². The zero-order chi connectivity index (χ0) is 14.9. The van der Waals surface area contributed by atoms with E-state index in [1.165, 1.54) is 0 Å². The van der Waals surface area contributed by atoms with Crippen LogP contribution in [0.5, 0.6) is 0 Å². The predicted octanol–water partition coefficient (Wildman–Crippen LogP) is 2.81. The summed E-state index contributed by atoms with van der Waals surface area (Å²) in [7, 11) is 0. The molecule has 110 valence electrons. The van der Waals surface area contributed by atoms with E-state index in [4.69, 9.17) is 4.74 Å². The molecule has 2 aromatic rings. The number of rotatable bonds is 7. The molecule has 0 bridgehead atoms. The zero-order valence-corrected chi connectivity index (χ0v) is 12.2. The van der Waals surface area contributed by atoms with Crippen LogP contribution < -0.4 is 5.32 Å². The summed E-state index contributed by atoms with van der Waals surface area (Å²) in [5.74, 6) is -0.147. The van der Waals surface area contributed by atoms with Gasteiger partial charge in [0.25, 0.3) is 5.91 Å². The second-order valence-electron chi connectivity index (χ2n) is 4.92. The first kappa shape index (κ1) is 15.2. The first-order valence-electron chi connectivity index (χ1n) is 7.09. The molecule has 0 aliphatic carbocycles. The molecule has 1 aromatic carbocycles. The second kappa shape index (κ2) is 8.17. The highest BCUT2D eigenvalue weighted by atomic mass is 16.5. The number of benzene rings is 1. The number of aromatic nitrogens is 1. The molecule has 0 saturated heterocycles. The zero-order valence-electron chi connectivity index (χ0n) is 12.2. The number of hydrogen-bond donors (Lipinski definition) is 1. The highest BCUT2D eigenvalue weighted by molar-refractivity contribution is 5.92. The van der Waals surface area contributed by atoms with Crippen LogP contribution >= 0.6 is 0 Å². The van der Waals surface area contributed by atoms with Crippen molar-refractivity contribution < 1.29 is 9.53 Å². The van der Waals surface area contributed by atoms with Crippen LogP contribution in [0.25, 0.3) is 0 Å². The molecule has 0 radical (unpaired) electrons. The maximum absolute atomic E-state index is 11.9. The predicted molar refractivity (Wildman–Crippen MR) is 81.9 cm³/mol. The molecule has 1 N–H and O–H groups in total. The third kappa shape index (κ3) is 5.36. The third-order valence-corrected chi connectivity index (χ3v) is 3.08. The van der Waals surface area contributed by atoms with E-state index in [1.54, 1.807) is 24.4 Å². The van der Waals surface area contributed by atoms with Crippen LogP contribution in [-0.4, -0.2) is 23.5 Å². The number of pyridine rings is 1. The molecular weight excluding hydrogens is 264 g/mol. The van der Waals surface area contributed by atoms with Crippen molar-refractivity contribution in [2.45, 2.75) is 26.0 Å². The lowest BCUT2D eigenvalue weighted by atomic mass is 10.2. The van der Waals surface area contributed by atoms with Gasteiger partial charge >= 0.3 is 0 Å². The van der Waals surface area contributed by atoms with Gasteiger partial charge in [0.15, 0.2) is 0 Å². The molecule has 1 unspecified atom stereocenters. The third-order valence-electron chi connectivity index (χ3n) is 3.08.